The van der Waals surface area contributed by atoms with E-state index in [0.29, 0.717) is 18.1 Å². The van der Waals surface area contributed by atoms with Crippen molar-refractivity contribution in [1.29, 1.82) is 0 Å². The van der Waals surface area contributed by atoms with Gasteiger partial charge in [-0.05, 0) is 19.1 Å². The van der Waals surface area contributed by atoms with Gasteiger partial charge < -0.3 is 10.1 Å². The predicted octanol–water partition coefficient (Wildman–Crippen LogP) is 2.97. The minimum absolute atomic E-state index is 0.0212. The summed E-state index contributed by atoms with van der Waals surface area (Å²) in [5.74, 6) is -0.224. The summed E-state index contributed by atoms with van der Waals surface area (Å²) in [7, 11) is 0. The van der Waals surface area contributed by atoms with Gasteiger partial charge in [0, 0.05) is 24.4 Å². The second-order valence-corrected chi connectivity index (χ2v) is 4.88. The van der Waals surface area contributed by atoms with Crippen LogP contribution >= 0.6 is 11.6 Å². The van der Waals surface area contributed by atoms with Crippen LogP contribution in [-0.4, -0.2) is 22.4 Å². The maximum atomic E-state index is 12.3. The third-order valence-electron chi connectivity index (χ3n) is 2.99. The number of benzene rings is 1. The smallest absolute Gasteiger partial charge is 0.283 e. The molecule has 0 aliphatic rings. The summed E-state index contributed by atoms with van der Waals surface area (Å²) in [4.78, 5) is 26.7. The maximum absolute atomic E-state index is 12.3. The first kappa shape index (κ1) is 16.7. The lowest BCUT2D eigenvalue weighted by molar-refractivity contribution is -0.385. The third kappa shape index (κ3) is 3.95. The number of nitrogens with one attached hydrogen (secondary N) is 1. The molecule has 7 nitrogen and oxygen atoms in total. The van der Waals surface area contributed by atoms with Crippen molar-refractivity contribution in [1.82, 2.24) is 10.3 Å². The summed E-state index contributed by atoms with van der Waals surface area (Å²) < 4.78 is 5.36. The number of hydrogen-bond acceptors (Lipinski definition) is 5. The van der Waals surface area contributed by atoms with Crippen molar-refractivity contribution >= 4 is 23.2 Å². The fourth-order valence-corrected chi connectivity index (χ4v) is 2.23. The summed E-state index contributed by atoms with van der Waals surface area (Å²) in [6, 6.07) is 7.54. The lowest BCUT2D eigenvalue weighted by atomic mass is 10.1. The van der Waals surface area contributed by atoms with E-state index in [1.807, 2.05) is 6.92 Å². The van der Waals surface area contributed by atoms with Crippen LogP contribution in [0.25, 0.3) is 0 Å². The number of ether oxygens (including phenoxy) is 1. The Kier molecular flexibility index (Phi) is 5.48. The molecule has 0 saturated carbocycles. The monoisotopic (exact) mass is 335 g/mol. The molecule has 0 atom stereocenters. The summed E-state index contributed by atoms with van der Waals surface area (Å²) in [6.07, 6.45) is 1.58. The molecule has 0 aliphatic heterocycles. The molecule has 120 valence electrons. The van der Waals surface area contributed by atoms with Gasteiger partial charge in [0.2, 0.25) is 5.88 Å². The van der Waals surface area contributed by atoms with Gasteiger partial charge in [-0.3, -0.25) is 14.9 Å². The second-order valence-electron chi connectivity index (χ2n) is 4.47. The van der Waals surface area contributed by atoms with Crippen LogP contribution < -0.4 is 10.1 Å². The first-order chi connectivity index (χ1) is 11.0. The van der Waals surface area contributed by atoms with Crippen molar-refractivity contribution in [3.8, 4) is 5.88 Å². The molecule has 0 bridgehead atoms. The molecular formula is C15H14ClN3O4. The van der Waals surface area contributed by atoms with Crippen LogP contribution in [-0.2, 0) is 6.54 Å². The number of pyridine rings is 1. The normalized spacial score (nSPS) is 10.2. The molecular weight excluding hydrogens is 322 g/mol. The topological polar surface area (TPSA) is 94.4 Å². The Hall–Kier alpha value is -2.67. The van der Waals surface area contributed by atoms with Crippen molar-refractivity contribution in [3.63, 3.8) is 0 Å². The van der Waals surface area contributed by atoms with Gasteiger partial charge in [-0.25, -0.2) is 4.98 Å². The number of aromatic nitrogens is 1. The Morgan fingerprint density at radius 2 is 2.17 bits per heavy atom. The van der Waals surface area contributed by atoms with Crippen LogP contribution in [0.3, 0.4) is 0 Å². The van der Waals surface area contributed by atoms with E-state index < -0.39 is 10.8 Å². The van der Waals surface area contributed by atoms with Gasteiger partial charge in [-0.2, -0.15) is 0 Å². The van der Waals surface area contributed by atoms with Crippen molar-refractivity contribution in [2.45, 2.75) is 13.5 Å². The Morgan fingerprint density at radius 3 is 2.87 bits per heavy atom. The first-order valence-corrected chi connectivity index (χ1v) is 7.20. The summed E-state index contributed by atoms with van der Waals surface area (Å²) in [5.41, 5.74) is 0.157. The molecule has 0 fully saturated rings. The van der Waals surface area contributed by atoms with Gasteiger partial charge in [0.1, 0.15) is 5.56 Å². The average Bonchev–Trinajstić information content (AvgIpc) is 2.53. The van der Waals surface area contributed by atoms with Gasteiger partial charge in [-0.1, -0.05) is 23.7 Å². The number of nitro benzene ring substituents is 1. The highest BCUT2D eigenvalue weighted by atomic mass is 35.5. The van der Waals surface area contributed by atoms with E-state index in [0.717, 1.165) is 0 Å². The molecule has 0 spiro atoms. The zero-order valence-corrected chi connectivity index (χ0v) is 13.0. The largest absolute Gasteiger partial charge is 0.478 e. The minimum atomic E-state index is -0.642. The Morgan fingerprint density at radius 1 is 1.39 bits per heavy atom. The molecule has 1 aromatic carbocycles. The van der Waals surface area contributed by atoms with E-state index >= 15 is 0 Å². The quantitative estimate of drug-likeness (QED) is 0.647. The van der Waals surface area contributed by atoms with Crippen molar-refractivity contribution in [2.24, 2.45) is 0 Å². The van der Waals surface area contributed by atoms with Crippen molar-refractivity contribution < 1.29 is 14.5 Å². The Bertz CT molecular complexity index is 736. The number of carbonyl (C=O) groups excluding carboxylic acids is 1. The van der Waals surface area contributed by atoms with E-state index in [1.54, 1.807) is 18.3 Å². The summed E-state index contributed by atoms with van der Waals surface area (Å²) in [5, 5.41) is 13.7. The number of nitrogens with zero attached hydrogens (tertiary/aromatic N) is 2. The van der Waals surface area contributed by atoms with Crippen LogP contribution in [0.5, 0.6) is 5.88 Å². The number of rotatable bonds is 6. The third-order valence-corrected chi connectivity index (χ3v) is 3.30. The van der Waals surface area contributed by atoms with Crippen molar-refractivity contribution in [2.75, 3.05) is 6.61 Å². The molecule has 0 unspecified atom stereocenters. The van der Waals surface area contributed by atoms with Crippen LogP contribution in [0.4, 0.5) is 5.69 Å². The molecule has 1 N–H and O–H groups in total. The number of nitro groups is 1. The predicted molar refractivity (Wildman–Crippen MR) is 84.7 cm³/mol. The van der Waals surface area contributed by atoms with Gasteiger partial charge >= 0.3 is 0 Å². The fraction of sp³-hybridized carbons (Fsp3) is 0.200. The van der Waals surface area contributed by atoms with Gasteiger partial charge in [0.25, 0.3) is 11.6 Å². The van der Waals surface area contributed by atoms with E-state index in [-0.39, 0.29) is 22.8 Å². The lowest BCUT2D eigenvalue weighted by Crippen LogP contribution is -2.24. The van der Waals surface area contributed by atoms with Gasteiger partial charge in [0.15, 0.2) is 0 Å². The number of hydrogen-bond donors (Lipinski definition) is 1. The van der Waals surface area contributed by atoms with E-state index in [4.69, 9.17) is 16.3 Å². The molecule has 1 amide bonds. The number of carbonyl (C=O) groups is 1. The van der Waals surface area contributed by atoms with Crippen LogP contribution in [0.1, 0.15) is 22.8 Å². The highest BCUT2D eigenvalue weighted by Crippen LogP contribution is 2.26. The molecule has 2 aromatic rings. The standard InChI is InChI=1S/C15H14ClN3O4/c1-2-23-15-10(5-4-8-17-15)9-18-14(20)13-11(16)6-3-7-12(13)19(21)22/h3-8H,2,9H2,1H3,(H,18,20). The SMILES string of the molecule is CCOc1ncccc1CNC(=O)c1c(Cl)cccc1[N+](=O)[O-]. The van der Waals surface area contributed by atoms with Gasteiger partial charge in [-0.15, -0.1) is 0 Å². The molecule has 1 heterocycles. The van der Waals surface area contributed by atoms with E-state index in [2.05, 4.69) is 10.3 Å². The molecule has 23 heavy (non-hydrogen) atoms. The molecule has 0 radical (unpaired) electrons. The second kappa shape index (κ2) is 7.55. The van der Waals surface area contributed by atoms with Crippen LogP contribution in [0.15, 0.2) is 36.5 Å². The Labute approximate surface area is 137 Å². The maximum Gasteiger partial charge on any atom is 0.283 e. The zero-order valence-electron chi connectivity index (χ0n) is 12.3. The molecule has 0 aliphatic carbocycles. The van der Waals surface area contributed by atoms with E-state index in [1.165, 1.54) is 18.2 Å². The number of halogens is 1. The highest BCUT2D eigenvalue weighted by Gasteiger charge is 2.23. The molecule has 8 heteroatoms. The summed E-state index contributed by atoms with van der Waals surface area (Å²) >= 11 is 5.93. The van der Waals surface area contributed by atoms with Crippen molar-refractivity contribution in [3.05, 3.63) is 62.8 Å². The molecule has 2 rings (SSSR count). The molecule has 1 aromatic heterocycles. The van der Waals surface area contributed by atoms with Crippen LogP contribution in [0.2, 0.25) is 5.02 Å². The zero-order chi connectivity index (χ0) is 16.8. The van der Waals surface area contributed by atoms with Crippen LogP contribution in [0, 0.1) is 10.1 Å². The lowest BCUT2D eigenvalue weighted by Gasteiger charge is -2.10. The minimum Gasteiger partial charge on any atom is -0.478 e. The highest BCUT2D eigenvalue weighted by molar-refractivity contribution is 6.34. The fourth-order valence-electron chi connectivity index (χ4n) is 1.98. The molecule has 0 saturated heterocycles. The first-order valence-electron chi connectivity index (χ1n) is 6.82. The summed E-state index contributed by atoms with van der Waals surface area (Å²) in [6.45, 7) is 2.38. The van der Waals surface area contributed by atoms with E-state index in [9.17, 15) is 14.9 Å². The number of amides is 1. The Balaban J connectivity index is 2.20. The van der Waals surface area contributed by atoms with Gasteiger partial charge in [0.05, 0.1) is 16.6 Å². The average molecular weight is 336 g/mol.